The quantitative estimate of drug-likeness (QED) is 0.0431. The number of urea groups is 2. The van der Waals surface area contributed by atoms with Crippen LogP contribution in [-0.4, -0.2) is 148 Å². The molecule has 13 atom stereocenters. The number of nitrogens with one attached hydrogen (secondary N) is 6. The monoisotopic (exact) mass is 1310 g/mol. The fraction of sp³-hybridized carbons (Fsp3) is 0.743. The summed E-state index contributed by atoms with van der Waals surface area (Å²) in [5, 5.41) is 16.6. The minimum atomic E-state index is -1.11. The molecular formula is C70H108N10O14. The first kappa shape index (κ1) is 74.3. The number of ketones is 2. The highest BCUT2D eigenvalue weighted by atomic mass is 16.5. The van der Waals surface area contributed by atoms with Crippen molar-refractivity contribution in [3.8, 4) is 0 Å². The molecule has 2 heterocycles. The number of piperidine rings is 2. The van der Waals surface area contributed by atoms with Gasteiger partial charge in [-0.05, 0) is 120 Å². The van der Waals surface area contributed by atoms with Crippen LogP contribution in [0.1, 0.15) is 199 Å². The lowest BCUT2D eigenvalue weighted by atomic mass is 9.80. The standard InChI is InChI=1S/C37H55N5O7.C33H53N5O7/c1-20(22-16-11-10-12-17-22)49-33(47)29(36(5,6)7)41-34(48)40-28(35(2,3)4)32(46)42-19-23-25(37(23,8)9)26(42)31(45)39-24(27(43)30(38)44)18-21-14-13-15-21;1-17(2)23(30(43)45-19-13-8-9-14-19)36-31(44)37-26(32(3,4)5)29(42)38-16-20-22(33(20,6)7)24(38)28(41)35-21(25(39)27(34)40)15-18-11-10-12-18/h10-12,16-17,20-21,23-26,28-29H,13-15,18-19H2,1-9H3,(H2,38,44)(H,39,45)(H2,40,41,48);17-24,26H,8-16H2,1-7H3,(H2,34,40)(H,35,41)(H2,36,37,44)/t20-,23-,24?,25-,26-,28+,29+;20-,21?,22-,23-,24-,26+/m00/s1. The van der Waals surface area contributed by atoms with Gasteiger partial charge in [-0.3, -0.25) is 38.4 Å². The van der Waals surface area contributed by atoms with E-state index in [2.05, 4.69) is 45.7 Å². The normalized spacial score (nSPS) is 25.0. The summed E-state index contributed by atoms with van der Waals surface area (Å²) >= 11 is 0. The predicted molar refractivity (Wildman–Crippen MR) is 350 cm³/mol. The number of amides is 10. The van der Waals surface area contributed by atoms with Crippen LogP contribution in [0.3, 0.4) is 0 Å². The molecule has 0 spiro atoms. The van der Waals surface area contributed by atoms with Gasteiger partial charge in [0.05, 0.1) is 12.1 Å². The van der Waals surface area contributed by atoms with E-state index in [1.807, 2.05) is 120 Å². The number of carbonyl (C=O) groups is 12. The molecule has 7 fully saturated rings. The second-order valence-corrected chi connectivity index (χ2v) is 32.6. The first-order chi connectivity index (χ1) is 43.6. The molecular weight excluding hydrogens is 1200 g/mol. The number of hydrogen-bond donors (Lipinski definition) is 8. The summed E-state index contributed by atoms with van der Waals surface area (Å²) < 4.78 is 11.4. The zero-order valence-electron chi connectivity index (χ0n) is 58.4. The predicted octanol–water partition coefficient (Wildman–Crippen LogP) is 6.05. The Morgan fingerprint density at radius 1 is 0.521 bits per heavy atom. The summed E-state index contributed by atoms with van der Waals surface area (Å²) in [6.45, 7) is 30.5. The molecule has 0 radical (unpaired) electrons. The second kappa shape index (κ2) is 29.1. The van der Waals surface area contributed by atoms with Gasteiger partial charge in [-0.2, -0.15) is 0 Å². The molecule has 10 amide bonds. The van der Waals surface area contributed by atoms with Gasteiger partial charge >= 0.3 is 24.0 Å². The van der Waals surface area contributed by atoms with Gasteiger partial charge in [-0.25, -0.2) is 19.2 Å². The SMILES string of the molecule is CC(C)[C@H](NC(=O)N[C@H](C(=O)N1C[C@H]2[C@@H]([C@H]1C(=O)NC(CC1CCC1)C(=O)C(N)=O)C2(C)C)C(C)(C)C)C(=O)OC1CCCC1.C[C@H](OC(=O)[C@@H](NC(=O)N[C@H](C(=O)N1C[C@H]2[C@@H]([C@H]1C(=O)NC(CC1CCC1)C(=O)C(N)=O)C2(C)C)C(C)(C)C)C(C)(C)C)c1ccccc1. The van der Waals surface area contributed by atoms with Crippen LogP contribution < -0.4 is 43.4 Å². The summed E-state index contributed by atoms with van der Waals surface area (Å²) in [6.07, 6.45) is 9.30. The van der Waals surface area contributed by atoms with Crippen molar-refractivity contribution in [2.24, 2.45) is 80.0 Å². The third kappa shape index (κ3) is 17.3. The van der Waals surface area contributed by atoms with E-state index in [0.717, 1.165) is 69.8 Å². The smallest absolute Gasteiger partial charge is 0.329 e. The average molecular weight is 1310 g/mol. The molecule has 7 aliphatic rings. The van der Waals surface area contributed by atoms with E-state index >= 15 is 0 Å². The highest BCUT2D eigenvalue weighted by molar-refractivity contribution is 6.38. The van der Waals surface area contributed by atoms with Gasteiger partial charge in [0.15, 0.2) is 0 Å². The molecule has 2 aliphatic heterocycles. The van der Waals surface area contributed by atoms with Crippen LogP contribution in [0.2, 0.25) is 0 Å². The topological polar surface area (TPSA) is 354 Å². The van der Waals surface area contributed by atoms with Gasteiger partial charge < -0.3 is 62.6 Å². The van der Waals surface area contributed by atoms with E-state index in [1.165, 1.54) is 9.80 Å². The maximum absolute atomic E-state index is 14.4. The van der Waals surface area contributed by atoms with Crippen LogP contribution in [0, 0.1) is 68.5 Å². The van der Waals surface area contributed by atoms with Gasteiger partial charge in [-0.15, -0.1) is 0 Å². The number of Topliss-reactive ketones (excluding diaryl/α,β-unsaturated/α-hetero) is 2. The van der Waals surface area contributed by atoms with Gasteiger partial charge in [0.25, 0.3) is 11.8 Å². The Hall–Kier alpha value is -7.14. The van der Waals surface area contributed by atoms with Crippen molar-refractivity contribution in [3.05, 3.63) is 35.9 Å². The number of benzene rings is 1. The fourth-order valence-electron chi connectivity index (χ4n) is 14.7. The largest absolute Gasteiger partial charge is 0.461 e. The molecule has 1 aromatic carbocycles. The molecule has 94 heavy (non-hydrogen) atoms. The summed E-state index contributed by atoms with van der Waals surface area (Å²) in [5.41, 5.74) is 8.81. The number of carbonyl (C=O) groups excluding carboxylic acids is 12. The third-order valence-electron chi connectivity index (χ3n) is 21.4. The Morgan fingerprint density at radius 3 is 1.26 bits per heavy atom. The van der Waals surface area contributed by atoms with E-state index in [-0.39, 0.29) is 58.4 Å². The number of ether oxygens (including phenoxy) is 2. The molecule has 5 aliphatic carbocycles. The Kier molecular flexibility index (Phi) is 23.0. The molecule has 5 saturated carbocycles. The summed E-state index contributed by atoms with van der Waals surface area (Å²) in [6, 6.07) is -0.0301. The van der Waals surface area contributed by atoms with Crippen LogP contribution in [0.25, 0.3) is 0 Å². The van der Waals surface area contributed by atoms with Crippen molar-refractivity contribution in [1.82, 2.24) is 41.7 Å². The van der Waals surface area contributed by atoms with Gasteiger partial charge in [0.2, 0.25) is 35.2 Å². The van der Waals surface area contributed by atoms with Crippen molar-refractivity contribution in [1.29, 1.82) is 0 Å². The molecule has 8 rings (SSSR count). The summed E-state index contributed by atoms with van der Waals surface area (Å²) in [5.74, 6) is -6.87. The molecule has 0 bridgehead atoms. The molecule has 2 saturated heterocycles. The van der Waals surface area contributed by atoms with Crippen LogP contribution in [0.5, 0.6) is 0 Å². The molecule has 24 nitrogen and oxygen atoms in total. The van der Waals surface area contributed by atoms with E-state index in [4.69, 9.17) is 20.9 Å². The van der Waals surface area contributed by atoms with Crippen LogP contribution in [-0.2, 0) is 57.4 Å². The Morgan fingerprint density at radius 2 is 0.904 bits per heavy atom. The molecule has 522 valence electrons. The minimum Gasteiger partial charge on any atom is -0.461 e. The maximum atomic E-state index is 14.4. The number of esters is 2. The minimum absolute atomic E-state index is 0.0465. The maximum Gasteiger partial charge on any atom is 0.329 e. The zero-order chi connectivity index (χ0) is 70.1. The number of likely N-dealkylation sites (tertiary alicyclic amines) is 2. The number of nitrogens with zero attached hydrogens (tertiary/aromatic N) is 2. The molecule has 1 aromatic rings. The first-order valence-corrected chi connectivity index (χ1v) is 34.1. The number of nitrogens with two attached hydrogens (primary N) is 2. The van der Waals surface area contributed by atoms with E-state index < -0.39 is 142 Å². The number of hydrogen-bond acceptors (Lipinski definition) is 14. The second-order valence-electron chi connectivity index (χ2n) is 32.6. The summed E-state index contributed by atoms with van der Waals surface area (Å²) in [4.78, 5) is 162. The molecule has 0 aromatic heterocycles. The van der Waals surface area contributed by atoms with Crippen molar-refractivity contribution in [2.75, 3.05) is 13.1 Å². The van der Waals surface area contributed by atoms with Crippen LogP contribution >= 0.6 is 0 Å². The molecule has 24 heteroatoms. The average Bonchev–Trinajstić information content (AvgIpc) is 1.53. The Bertz CT molecular complexity index is 3020. The van der Waals surface area contributed by atoms with Crippen molar-refractivity contribution < 1.29 is 67.0 Å². The van der Waals surface area contributed by atoms with Crippen LogP contribution in [0.4, 0.5) is 9.59 Å². The Labute approximate surface area is 554 Å². The van der Waals surface area contributed by atoms with Crippen molar-refractivity contribution in [2.45, 2.75) is 248 Å². The zero-order valence-corrected chi connectivity index (χ0v) is 58.4. The molecule has 2 unspecified atom stereocenters. The highest BCUT2D eigenvalue weighted by Crippen LogP contribution is 2.66. The summed E-state index contributed by atoms with van der Waals surface area (Å²) in [7, 11) is 0. The number of fused-ring (bicyclic) bond motifs is 2. The Balaban J connectivity index is 0.000000267. The lowest BCUT2D eigenvalue weighted by molar-refractivity contribution is -0.154. The van der Waals surface area contributed by atoms with Gasteiger partial charge in [-0.1, -0.05) is 173 Å². The van der Waals surface area contributed by atoms with E-state index in [9.17, 15) is 57.5 Å². The molecule has 10 N–H and O–H groups in total. The highest BCUT2D eigenvalue weighted by Gasteiger charge is 2.71. The first-order valence-electron chi connectivity index (χ1n) is 34.1. The fourth-order valence-corrected chi connectivity index (χ4v) is 14.7. The lowest BCUT2D eigenvalue weighted by Gasteiger charge is -2.38. The number of primary amides is 2. The van der Waals surface area contributed by atoms with Crippen LogP contribution in [0.15, 0.2) is 30.3 Å². The lowest BCUT2D eigenvalue weighted by Crippen LogP contribution is -2.62. The van der Waals surface area contributed by atoms with Gasteiger partial charge in [0, 0.05) is 13.1 Å². The number of rotatable bonds is 24. The van der Waals surface area contributed by atoms with Gasteiger partial charge in [0.1, 0.15) is 48.5 Å². The van der Waals surface area contributed by atoms with E-state index in [0.29, 0.717) is 25.9 Å². The van der Waals surface area contributed by atoms with Crippen molar-refractivity contribution in [3.63, 3.8) is 0 Å². The van der Waals surface area contributed by atoms with E-state index in [1.54, 1.807) is 6.92 Å². The van der Waals surface area contributed by atoms with Crippen molar-refractivity contribution >= 4 is 71.0 Å². The third-order valence-corrected chi connectivity index (χ3v) is 21.4.